The van der Waals surface area contributed by atoms with Gasteiger partial charge in [0, 0.05) is 8.27 Å². The molecule has 1 amide bonds. The second-order valence-electron chi connectivity index (χ2n) is 1.83. The van der Waals surface area contributed by atoms with Crippen molar-refractivity contribution in [3.63, 3.8) is 0 Å². The predicted octanol–water partition coefficient (Wildman–Crippen LogP) is -1.34. The number of hydrogen-bond donors (Lipinski definition) is 2. The minimum Gasteiger partial charge on any atom is -0.467 e. The minimum atomic E-state index is -1.06. The first-order valence-electron chi connectivity index (χ1n) is 3.63. The molecule has 5 heteroatoms. The number of carbonyl (C=O) groups excluding carboxylic acids is 2. The smallest absolute Gasteiger partial charge is 0.330 e. The van der Waals surface area contributed by atoms with Crippen molar-refractivity contribution in [2.24, 2.45) is 0 Å². The van der Waals surface area contributed by atoms with Gasteiger partial charge in [0.05, 0.1) is 13.7 Å². The van der Waals surface area contributed by atoms with E-state index in [1.165, 1.54) is 0 Å². The maximum atomic E-state index is 10.7. The number of amides is 1. The van der Waals surface area contributed by atoms with E-state index >= 15 is 0 Å². The molecule has 0 saturated heterocycles. The Labute approximate surface area is 65.7 Å². The number of aliphatic hydroxyl groups excluding tert-OH is 1. The lowest BCUT2D eigenvalue weighted by Crippen LogP contribution is -2.42. The molecule has 11 heavy (non-hydrogen) atoms. The fourth-order valence-electron chi connectivity index (χ4n) is 0.516. The molecule has 0 rings (SSSR count). The summed E-state index contributed by atoms with van der Waals surface area (Å²) in [6.07, 6.45) is 0. The minimum absolute atomic E-state index is 0.479. The van der Waals surface area contributed by atoms with Gasteiger partial charge in [-0.1, -0.05) is 0 Å². The number of aliphatic hydroxyl groups is 1. The highest BCUT2D eigenvalue weighted by Gasteiger charge is 2.17. The van der Waals surface area contributed by atoms with Crippen LogP contribution >= 0.6 is 0 Å². The van der Waals surface area contributed by atoms with Crippen LogP contribution in [-0.4, -0.2) is 36.7 Å². The van der Waals surface area contributed by atoms with Crippen molar-refractivity contribution in [3.8, 4) is 0 Å². The van der Waals surface area contributed by atoms with E-state index in [0.717, 1.165) is 7.11 Å². The largest absolute Gasteiger partial charge is 0.467 e. The molecule has 2 N–H and O–H groups in total. The van der Waals surface area contributed by atoms with Gasteiger partial charge in [-0.25, -0.2) is 4.79 Å². The quantitative estimate of drug-likeness (QED) is 0.503. The van der Waals surface area contributed by atoms with Gasteiger partial charge < -0.3 is 15.2 Å². The van der Waals surface area contributed by atoms with E-state index in [-0.39, 0.29) is 0 Å². The van der Waals surface area contributed by atoms with Crippen LogP contribution < -0.4 is 5.32 Å². The van der Waals surface area contributed by atoms with Crippen molar-refractivity contribution in [1.29, 1.82) is 0 Å². The zero-order valence-electron chi connectivity index (χ0n) is 7.16. The number of methoxy groups -OCH3 is 1. The molecular weight excluding hydrogens is 150 g/mol. The normalized spacial score (nSPS) is 13.1. The molecule has 0 aliphatic heterocycles. The molecule has 0 radical (unpaired) electrons. The van der Waals surface area contributed by atoms with Gasteiger partial charge in [-0.3, -0.25) is 4.79 Å². The second kappa shape index (κ2) is 4.68. The summed E-state index contributed by atoms with van der Waals surface area (Å²) in [5.74, 6) is -1.35. The molecule has 0 fully saturated rings. The van der Waals surface area contributed by atoms with Gasteiger partial charge in [0.15, 0.2) is 6.04 Å². The summed E-state index contributed by atoms with van der Waals surface area (Å²) in [4.78, 5) is 21.3. The highest BCUT2D eigenvalue weighted by molar-refractivity contribution is 5.83. The summed E-state index contributed by atoms with van der Waals surface area (Å²) in [6, 6.07) is -1.06. The molecule has 0 bridgehead atoms. The van der Waals surface area contributed by atoms with E-state index in [1.807, 2.05) is 0 Å². The van der Waals surface area contributed by atoms with Crippen LogP contribution in [0.15, 0.2) is 0 Å². The van der Waals surface area contributed by atoms with Crippen LogP contribution in [0.2, 0.25) is 0 Å². The molecule has 64 valence electrons. The van der Waals surface area contributed by atoms with Crippen molar-refractivity contribution in [3.05, 3.63) is 0 Å². The lowest BCUT2D eigenvalue weighted by molar-refractivity contribution is -0.145. The van der Waals surface area contributed by atoms with Gasteiger partial charge in [0.25, 0.3) is 0 Å². The third kappa shape index (κ3) is 3.57. The molecule has 0 aromatic rings. The van der Waals surface area contributed by atoms with E-state index in [2.05, 4.69) is 10.1 Å². The molecule has 0 heterocycles. The Kier molecular flexibility index (Phi) is 3.40. The fourth-order valence-corrected chi connectivity index (χ4v) is 0.516. The summed E-state index contributed by atoms with van der Waals surface area (Å²) in [5, 5.41) is 10.7. The number of nitrogens with one attached hydrogen (secondary N) is 1. The first-order chi connectivity index (χ1) is 5.65. The average molecular weight is 162 g/mol. The maximum absolute atomic E-state index is 10.7. The Morgan fingerprint density at radius 3 is 2.82 bits per heavy atom. The van der Waals surface area contributed by atoms with E-state index in [9.17, 15) is 9.59 Å². The Hall–Kier alpha value is -1.10. The number of ether oxygens (including phenoxy) is 1. The number of rotatable bonds is 3. The lowest BCUT2D eigenvalue weighted by Gasteiger charge is -2.11. The van der Waals surface area contributed by atoms with Gasteiger partial charge in [-0.2, -0.15) is 0 Å². The molecule has 0 aromatic heterocycles. The first kappa shape index (κ1) is 8.00. The molecule has 0 aliphatic carbocycles. The maximum Gasteiger partial charge on any atom is 0.330 e. The van der Waals surface area contributed by atoms with Crippen LogP contribution in [0.1, 0.15) is 8.27 Å². The third-order valence-corrected chi connectivity index (χ3v) is 1.00. The molecule has 0 aliphatic rings. The van der Waals surface area contributed by atoms with Crippen molar-refractivity contribution in [2.75, 3.05) is 13.7 Å². The molecular formula is C6H11NO4. The standard InChI is InChI=1S/C6H11NO4/c1-4(9)7-5(3-8)6(10)11-2/h5,8H,3H2,1-2H3,(H,7,9)/t5-/m0/s1/i1D. The van der Waals surface area contributed by atoms with E-state index in [4.69, 9.17) is 6.48 Å². The van der Waals surface area contributed by atoms with Crippen LogP contribution in [0.25, 0.3) is 0 Å². The third-order valence-electron chi connectivity index (χ3n) is 1.00. The first-order valence-corrected chi connectivity index (χ1v) is 2.93. The SMILES string of the molecule is [2H]CC(=O)N[C@@H](CO)C(=O)OC. The Morgan fingerprint density at radius 2 is 2.45 bits per heavy atom. The Bertz CT molecular complexity index is 173. The monoisotopic (exact) mass is 162 g/mol. The zero-order chi connectivity index (χ0) is 9.56. The van der Waals surface area contributed by atoms with Gasteiger partial charge in [-0.05, 0) is 0 Å². The molecule has 0 spiro atoms. The molecule has 0 unspecified atom stereocenters. The van der Waals surface area contributed by atoms with Gasteiger partial charge in [-0.15, -0.1) is 0 Å². The van der Waals surface area contributed by atoms with Crippen molar-refractivity contribution >= 4 is 11.9 Å². The number of esters is 1. The van der Waals surface area contributed by atoms with Crippen LogP contribution in [-0.2, 0) is 14.3 Å². The van der Waals surface area contributed by atoms with E-state index in [0.29, 0.717) is 0 Å². The van der Waals surface area contributed by atoms with Crippen LogP contribution in [0.3, 0.4) is 0 Å². The highest BCUT2D eigenvalue weighted by atomic mass is 16.5. The average Bonchev–Trinajstić information content (AvgIpc) is 2.12. The van der Waals surface area contributed by atoms with E-state index < -0.39 is 31.4 Å². The van der Waals surface area contributed by atoms with Gasteiger partial charge in [0.2, 0.25) is 5.91 Å². The highest BCUT2D eigenvalue weighted by Crippen LogP contribution is 1.85. The lowest BCUT2D eigenvalue weighted by atomic mass is 10.3. The van der Waals surface area contributed by atoms with Crippen molar-refractivity contribution in [1.82, 2.24) is 5.32 Å². The van der Waals surface area contributed by atoms with Crippen molar-refractivity contribution < 1.29 is 20.8 Å². The molecule has 0 aromatic carbocycles. The number of carbonyl (C=O) groups is 2. The summed E-state index contributed by atoms with van der Waals surface area (Å²) in [5.41, 5.74) is 0. The van der Waals surface area contributed by atoms with Crippen LogP contribution in [0.4, 0.5) is 0 Å². The molecule has 5 nitrogen and oxygen atoms in total. The Balaban J connectivity index is 3.99. The summed E-state index contributed by atoms with van der Waals surface area (Å²) < 4.78 is 10.9. The molecule has 1 atom stereocenters. The van der Waals surface area contributed by atoms with Gasteiger partial charge >= 0.3 is 5.97 Å². The Morgan fingerprint density at radius 1 is 1.82 bits per heavy atom. The summed E-state index contributed by atoms with van der Waals surface area (Å²) in [6.45, 7) is -1.01. The van der Waals surface area contributed by atoms with Crippen LogP contribution in [0, 0.1) is 0 Å². The van der Waals surface area contributed by atoms with Crippen molar-refractivity contribution in [2.45, 2.75) is 12.9 Å². The van der Waals surface area contributed by atoms with Crippen LogP contribution in [0.5, 0.6) is 0 Å². The topological polar surface area (TPSA) is 75.6 Å². The fraction of sp³-hybridized carbons (Fsp3) is 0.667. The van der Waals surface area contributed by atoms with E-state index in [1.54, 1.807) is 0 Å². The molecule has 0 saturated carbocycles. The zero-order valence-corrected chi connectivity index (χ0v) is 6.16. The predicted molar refractivity (Wildman–Crippen MR) is 36.7 cm³/mol. The second-order valence-corrected chi connectivity index (χ2v) is 1.83. The number of hydrogen-bond acceptors (Lipinski definition) is 4. The van der Waals surface area contributed by atoms with Gasteiger partial charge in [0.1, 0.15) is 0 Å². The summed E-state index contributed by atoms with van der Waals surface area (Å²) in [7, 11) is 1.15. The summed E-state index contributed by atoms with van der Waals surface area (Å²) >= 11 is 0.